The van der Waals surface area contributed by atoms with Crippen LogP contribution in [0.1, 0.15) is 0 Å². The molecule has 1 amide bonds. The molecule has 7 heteroatoms. The Morgan fingerprint density at radius 3 is 2.17 bits per heavy atom. The maximum atomic E-state index is 13.6. The molecule has 1 N–H and O–H groups in total. The van der Waals surface area contributed by atoms with E-state index < -0.39 is 11.7 Å². The van der Waals surface area contributed by atoms with E-state index in [2.05, 4.69) is 15.5 Å². The zero-order valence-corrected chi connectivity index (χ0v) is 15.2. The lowest BCUT2D eigenvalue weighted by Crippen LogP contribution is -2.20. The third-order valence-electron chi connectivity index (χ3n) is 4.06. The molecular weight excluding hydrogens is 373 g/mol. The van der Waals surface area contributed by atoms with Crippen LogP contribution in [-0.2, 0) is 4.79 Å². The van der Waals surface area contributed by atoms with Crippen molar-refractivity contribution in [1.29, 1.82) is 0 Å². The van der Waals surface area contributed by atoms with Gasteiger partial charge < -0.3 is 14.5 Å². The summed E-state index contributed by atoms with van der Waals surface area (Å²) in [6.07, 6.45) is 0. The smallest absolute Gasteiger partial charge is 0.262 e. The van der Waals surface area contributed by atoms with Gasteiger partial charge in [-0.15, -0.1) is 10.2 Å². The molecule has 0 aliphatic heterocycles. The number of hydrogen-bond donors (Lipinski definition) is 1. The van der Waals surface area contributed by atoms with Crippen molar-refractivity contribution >= 4 is 11.6 Å². The first-order valence-electron chi connectivity index (χ1n) is 8.85. The summed E-state index contributed by atoms with van der Waals surface area (Å²) < 4.78 is 24.7. The SMILES string of the molecule is O=C(COc1ccc(-c2nnc(-c3ccccc3)o2)cc1)Nc1ccccc1F. The van der Waals surface area contributed by atoms with Gasteiger partial charge in [0.25, 0.3) is 5.91 Å². The molecule has 0 aliphatic rings. The van der Waals surface area contributed by atoms with E-state index in [-0.39, 0.29) is 12.3 Å². The van der Waals surface area contributed by atoms with Crippen molar-refractivity contribution in [3.05, 3.63) is 84.7 Å². The molecule has 0 bridgehead atoms. The first-order chi connectivity index (χ1) is 14.2. The minimum absolute atomic E-state index is 0.113. The molecule has 1 heterocycles. The summed E-state index contributed by atoms with van der Waals surface area (Å²) in [5.74, 6) is 0.349. The predicted molar refractivity (Wildman–Crippen MR) is 106 cm³/mol. The van der Waals surface area contributed by atoms with Crippen molar-refractivity contribution < 1.29 is 18.3 Å². The summed E-state index contributed by atoms with van der Waals surface area (Å²) in [6.45, 7) is -0.244. The fourth-order valence-corrected chi connectivity index (χ4v) is 2.63. The molecule has 0 saturated heterocycles. The van der Waals surface area contributed by atoms with E-state index in [4.69, 9.17) is 9.15 Å². The van der Waals surface area contributed by atoms with Crippen LogP contribution in [0.15, 0.2) is 83.3 Å². The highest BCUT2D eigenvalue weighted by atomic mass is 19.1. The monoisotopic (exact) mass is 389 g/mol. The van der Waals surface area contributed by atoms with Crippen LogP contribution < -0.4 is 10.1 Å². The van der Waals surface area contributed by atoms with Crippen molar-refractivity contribution in [3.8, 4) is 28.7 Å². The molecule has 0 spiro atoms. The second-order valence-electron chi connectivity index (χ2n) is 6.12. The average Bonchev–Trinajstić information content (AvgIpc) is 3.25. The van der Waals surface area contributed by atoms with Gasteiger partial charge in [0.05, 0.1) is 5.69 Å². The lowest BCUT2D eigenvalue weighted by molar-refractivity contribution is -0.118. The summed E-state index contributed by atoms with van der Waals surface area (Å²) >= 11 is 0. The number of nitrogens with one attached hydrogen (secondary N) is 1. The number of carbonyl (C=O) groups excluding carboxylic acids is 1. The number of nitrogens with zero attached hydrogens (tertiary/aromatic N) is 2. The number of rotatable bonds is 6. The fourth-order valence-electron chi connectivity index (χ4n) is 2.63. The lowest BCUT2D eigenvalue weighted by Gasteiger charge is -2.08. The number of carbonyl (C=O) groups is 1. The van der Waals surface area contributed by atoms with E-state index in [1.807, 2.05) is 30.3 Å². The highest BCUT2D eigenvalue weighted by Crippen LogP contribution is 2.25. The number of hydrogen-bond acceptors (Lipinski definition) is 5. The van der Waals surface area contributed by atoms with Gasteiger partial charge in [-0.25, -0.2) is 4.39 Å². The Morgan fingerprint density at radius 2 is 1.48 bits per heavy atom. The topological polar surface area (TPSA) is 77.2 Å². The van der Waals surface area contributed by atoms with Crippen LogP contribution in [0.3, 0.4) is 0 Å². The molecule has 1 aromatic heterocycles. The van der Waals surface area contributed by atoms with E-state index in [0.29, 0.717) is 17.5 Å². The van der Waals surface area contributed by atoms with Gasteiger partial charge in [-0.2, -0.15) is 0 Å². The van der Waals surface area contributed by atoms with E-state index in [9.17, 15) is 9.18 Å². The molecule has 0 aliphatic carbocycles. The van der Waals surface area contributed by atoms with Crippen molar-refractivity contribution in [2.75, 3.05) is 11.9 Å². The molecule has 144 valence electrons. The van der Waals surface area contributed by atoms with E-state index >= 15 is 0 Å². The zero-order chi connectivity index (χ0) is 20.1. The van der Waals surface area contributed by atoms with Gasteiger partial charge in [0.1, 0.15) is 11.6 Å². The molecule has 6 nitrogen and oxygen atoms in total. The normalized spacial score (nSPS) is 10.5. The number of aromatic nitrogens is 2. The number of amides is 1. The molecule has 3 aromatic carbocycles. The molecule has 4 rings (SSSR count). The third kappa shape index (κ3) is 4.47. The van der Waals surface area contributed by atoms with Crippen molar-refractivity contribution in [2.24, 2.45) is 0 Å². The van der Waals surface area contributed by atoms with Crippen LogP contribution in [0.2, 0.25) is 0 Å². The summed E-state index contributed by atoms with van der Waals surface area (Å²) in [7, 11) is 0. The number of anilines is 1. The Bertz CT molecular complexity index is 1110. The molecule has 0 unspecified atom stereocenters. The van der Waals surface area contributed by atoms with Crippen molar-refractivity contribution in [2.45, 2.75) is 0 Å². The third-order valence-corrected chi connectivity index (χ3v) is 4.06. The largest absolute Gasteiger partial charge is 0.484 e. The number of para-hydroxylation sites is 1. The second-order valence-corrected chi connectivity index (χ2v) is 6.12. The van der Waals surface area contributed by atoms with E-state index in [1.165, 1.54) is 12.1 Å². The first kappa shape index (κ1) is 18.4. The van der Waals surface area contributed by atoms with Crippen LogP contribution in [0.25, 0.3) is 22.9 Å². The average molecular weight is 389 g/mol. The van der Waals surface area contributed by atoms with Crippen molar-refractivity contribution in [3.63, 3.8) is 0 Å². The van der Waals surface area contributed by atoms with Crippen molar-refractivity contribution in [1.82, 2.24) is 10.2 Å². The highest BCUT2D eigenvalue weighted by molar-refractivity contribution is 5.91. The quantitative estimate of drug-likeness (QED) is 0.523. The molecule has 4 aromatic rings. The Labute approximate surface area is 166 Å². The van der Waals surface area contributed by atoms with Crippen LogP contribution >= 0.6 is 0 Å². The first-order valence-corrected chi connectivity index (χ1v) is 8.85. The van der Waals surface area contributed by atoms with Gasteiger partial charge in [0, 0.05) is 11.1 Å². The Balaban J connectivity index is 1.37. The highest BCUT2D eigenvalue weighted by Gasteiger charge is 2.11. The van der Waals surface area contributed by atoms with Gasteiger partial charge in [-0.1, -0.05) is 30.3 Å². The molecule has 0 atom stereocenters. The maximum Gasteiger partial charge on any atom is 0.262 e. The number of benzene rings is 3. The summed E-state index contributed by atoms with van der Waals surface area (Å²) in [6, 6.07) is 22.3. The van der Waals surface area contributed by atoms with Crippen LogP contribution in [-0.4, -0.2) is 22.7 Å². The minimum Gasteiger partial charge on any atom is -0.484 e. The Morgan fingerprint density at radius 1 is 0.862 bits per heavy atom. The standard InChI is InChI=1S/C22H16FN3O3/c23-18-8-4-5-9-19(18)24-20(27)14-28-17-12-10-16(11-13-17)22-26-25-21(29-22)15-6-2-1-3-7-15/h1-13H,14H2,(H,24,27). The summed E-state index contributed by atoms with van der Waals surface area (Å²) in [5.41, 5.74) is 1.68. The fraction of sp³-hybridized carbons (Fsp3) is 0.0455. The molecular formula is C22H16FN3O3. The predicted octanol–water partition coefficient (Wildman–Crippen LogP) is 4.56. The van der Waals surface area contributed by atoms with Crippen LogP contribution in [0.5, 0.6) is 5.75 Å². The van der Waals surface area contributed by atoms with Gasteiger partial charge in [0.15, 0.2) is 6.61 Å². The van der Waals surface area contributed by atoms with Crippen LogP contribution in [0, 0.1) is 5.82 Å². The van der Waals surface area contributed by atoms with Gasteiger partial charge in [-0.05, 0) is 48.5 Å². The van der Waals surface area contributed by atoms with Gasteiger partial charge in [0.2, 0.25) is 11.8 Å². The zero-order valence-electron chi connectivity index (χ0n) is 15.2. The summed E-state index contributed by atoms with van der Waals surface area (Å²) in [4.78, 5) is 11.9. The molecule has 0 radical (unpaired) electrons. The summed E-state index contributed by atoms with van der Waals surface area (Å²) in [5, 5.41) is 10.6. The second kappa shape index (κ2) is 8.35. The van der Waals surface area contributed by atoms with Gasteiger partial charge >= 0.3 is 0 Å². The molecule has 0 saturated carbocycles. The van der Waals surface area contributed by atoms with Gasteiger partial charge in [-0.3, -0.25) is 4.79 Å². The molecule has 29 heavy (non-hydrogen) atoms. The minimum atomic E-state index is -0.500. The van der Waals surface area contributed by atoms with Crippen LogP contribution in [0.4, 0.5) is 10.1 Å². The maximum absolute atomic E-state index is 13.6. The van der Waals surface area contributed by atoms with E-state index in [1.54, 1.807) is 36.4 Å². The Hall–Kier alpha value is -4.00. The number of ether oxygens (including phenoxy) is 1. The number of halogens is 1. The lowest BCUT2D eigenvalue weighted by atomic mass is 10.2. The Kier molecular flexibility index (Phi) is 5.29. The van der Waals surface area contributed by atoms with E-state index in [0.717, 1.165) is 11.1 Å². The molecule has 0 fully saturated rings.